The molecule has 44 valence electrons. The maximum absolute atomic E-state index is 7.00. The summed E-state index contributed by atoms with van der Waals surface area (Å²) in [5, 5.41) is 14.0. The molecule has 0 fully saturated rings. The van der Waals surface area contributed by atoms with E-state index in [1.807, 2.05) is 0 Å². The summed E-state index contributed by atoms with van der Waals surface area (Å²) in [5.41, 5.74) is 0. The van der Waals surface area contributed by atoms with Crippen molar-refractivity contribution in [1.82, 2.24) is 0 Å². The van der Waals surface area contributed by atoms with Crippen molar-refractivity contribution in [2.75, 3.05) is 14.2 Å². The van der Waals surface area contributed by atoms with E-state index in [-0.39, 0.29) is 24.8 Å². The van der Waals surface area contributed by atoms with Gasteiger partial charge in [0, 0.05) is 14.2 Å². The molecule has 6 heavy (non-hydrogen) atoms. The standard InChI is InChI=1S/2CH4O.2ClH/c2*1-2;;/h2*2H,1H3;2*1H. The Kier molecular flexibility index (Phi) is 2340. The second-order valence-electron chi connectivity index (χ2n) is 0. The average Bonchev–Trinajstić information content (AvgIpc) is 1.50. The predicted molar refractivity (Wildman–Crippen MR) is 30.8 cm³/mol. The fourth-order valence-electron chi connectivity index (χ4n) is 0. The minimum Gasteiger partial charge on any atom is -0.400 e. The van der Waals surface area contributed by atoms with Crippen LogP contribution in [-0.4, -0.2) is 24.4 Å². The van der Waals surface area contributed by atoms with Gasteiger partial charge in [0.25, 0.3) is 0 Å². The fourth-order valence-corrected chi connectivity index (χ4v) is 0. The van der Waals surface area contributed by atoms with Crippen LogP contribution in [0.2, 0.25) is 0 Å². The van der Waals surface area contributed by atoms with E-state index in [0.717, 1.165) is 14.2 Å². The van der Waals surface area contributed by atoms with Crippen molar-refractivity contribution < 1.29 is 10.2 Å². The Morgan fingerprint density at radius 2 is 0.667 bits per heavy atom. The predicted octanol–water partition coefficient (Wildman–Crippen LogP) is 0.0606. The summed E-state index contributed by atoms with van der Waals surface area (Å²) in [6.07, 6.45) is 0. The molecule has 0 saturated heterocycles. The van der Waals surface area contributed by atoms with Crippen molar-refractivity contribution in [3.05, 3.63) is 0 Å². The highest BCUT2D eigenvalue weighted by atomic mass is 35.5. The number of hydrogen-bond donors (Lipinski definition) is 2. The molecule has 4 heteroatoms. The molecular weight excluding hydrogens is 127 g/mol. The molecule has 0 aromatic carbocycles. The van der Waals surface area contributed by atoms with Gasteiger partial charge in [-0.15, -0.1) is 24.8 Å². The molecule has 0 aromatic heterocycles. The Morgan fingerprint density at radius 1 is 0.667 bits per heavy atom. The molecule has 0 bridgehead atoms. The van der Waals surface area contributed by atoms with Gasteiger partial charge in [-0.3, -0.25) is 0 Å². The Hall–Kier alpha value is 0.500. The Morgan fingerprint density at radius 3 is 0.667 bits per heavy atom. The minimum absolute atomic E-state index is 0. The molecule has 0 aliphatic carbocycles. The van der Waals surface area contributed by atoms with E-state index in [0.29, 0.717) is 0 Å². The van der Waals surface area contributed by atoms with E-state index in [4.69, 9.17) is 10.2 Å². The van der Waals surface area contributed by atoms with E-state index < -0.39 is 0 Å². The number of halogens is 2. The summed E-state index contributed by atoms with van der Waals surface area (Å²) in [6.45, 7) is 0. The van der Waals surface area contributed by atoms with E-state index in [1.165, 1.54) is 0 Å². The molecule has 0 rings (SSSR count). The van der Waals surface area contributed by atoms with E-state index >= 15 is 0 Å². The van der Waals surface area contributed by atoms with Crippen LogP contribution < -0.4 is 0 Å². The van der Waals surface area contributed by atoms with Crippen molar-refractivity contribution in [3.8, 4) is 0 Å². The molecule has 0 aliphatic rings. The SMILES string of the molecule is CO.CO.Cl.Cl. The van der Waals surface area contributed by atoms with Gasteiger partial charge in [0.2, 0.25) is 0 Å². The molecule has 0 radical (unpaired) electrons. The van der Waals surface area contributed by atoms with Crippen LogP contribution >= 0.6 is 24.8 Å². The Labute approximate surface area is 50.0 Å². The van der Waals surface area contributed by atoms with Gasteiger partial charge in [-0.2, -0.15) is 0 Å². The molecule has 2 nitrogen and oxygen atoms in total. The highest BCUT2D eigenvalue weighted by molar-refractivity contribution is 5.85. The average molecular weight is 137 g/mol. The van der Waals surface area contributed by atoms with Crippen LogP contribution in [-0.2, 0) is 0 Å². The molecule has 0 aliphatic heterocycles. The summed E-state index contributed by atoms with van der Waals surface area (Å²) in [6, 6.07) is 0. The van der Waals surface area contributed by atoms with Crippen molar-refractivity contribution in [2.45, 2.75) is 0 Å². The second-order valence-corrected chi connectivity index (χ2v) is 0. The lowest BCUT2D eigenvalue weighted by molar-refractivity contribution is 0.399. The second kappa shape index (κ2) is 446. The van der Waals surface area contributed by atoms with Crippen LogP contribution in [0.4, 0.5) is 0 Å². The lowest BCUT2D eigenvalue weighted by Gasteiger charge is -1.21. The first kappa shape index (κ1) is 31.5. The van der Waals surface area contributed by atoms with Crippen LogP contribution in [0.3, 0.4) is 0 Å². The van der Waals surface area contributed by atoms with Gasteiger partial charge < -0.3 is 10.2 Å². The van der Waals surface area contributed by atoms with E-state index in [1.54, 1.807) is 0 Å². The smallest absolute Gasteiger partial charge is 0.0319 e. The summed E-state index contributed by atoms with van der Waals surface area (Å²) in [7, 11) is 2.00. The first-order chi connectivity index (χ1) is 2.00. The van der Waals surface area contributed by atoms with Crippen LogP contribution in [0.25, 0.3) is 0 Å². The van der Waals surface area contributed by atoms with Crippen molar-refractivity contribution in [2.24, 2.45) is 0 Å². The molecule has 0 atom stereocenters. The summed E-state index contributed by atoms with van der Waals surface area (Å²) >= 11 is 0. The van der Waals surface area contributed by atoms with Crippen LogP contribution in [0.15, 0.2) is 0 Å². The van der Waals surface area contributed by atoms with Gasteiger partial charge in [-0.25, -0.2) is 0 Å². The molecule has 0 amide bonds. The zero-order chi connectivity index (χ0) is 4.00. The molecule has 0 aromatic rings. The summed E-state index contributed by atoms with van der Waals surface area (Å²) < 4.78 is 0. The van der Waals surface area contributed by atoms with Crippen LogP contribution in [0, 0.1) is 0 Å². The number of hydrogen-bond acceptors (Lipinski definition) is 2. The molecule has 0 saturated carbocycles. The maximum Gasteiger partial charge on any atom is 0.0319 e. The van der Waals surface area contributed by atoms with Gasteiger partial charge in [-0.05, 0) is 0 Å². The first-order valence-corrected chi connectivity index (χ1v) is 0.894. The molecule has 0 spiro atoms. The Bertz CT molecular complexity index is 9.51. The molecule has 0 unspecified atom stereocenters. The minimum atomic E-state index is 0. The van der Waals surface area contributed by atoms with E-state index in [2.05, 4.69) is 0 Å². The quantitative estimate of drug-likeness (QED) is 0.495. The van der Waals surface area contributed by atoms with Gasteiger partial charge in [0.15, 0.2) is 0 Å². The highest BCUT2D eigenvalue weighted by Gasteiger charge is 0.841. The third-order valence-corrected chi connectivity index (χ3v) is 0. The highest BCUT2D eigenvalue weighted by Crippen LogP contribution is 0.757. The number of rotatable bonds is 0. The van der Waals surface area contributed by atoms with Crippen molar-refractivity contribution >= 4 is 24.8 Å². The van der Waals surface area contributed by atoms with Crippen LogP contribution in [0.5, 0.6) is 0 Å². The molecule has 2 N–H and O–H groups in total. The zero-order valence-electron chi connectivity index (χ0n) is 3.71. The maximum atomic E-state index is 7.00. The van der Waals surface area contributed by atoms with Gasteiger partial charge in [0.1, 0.15) is 0 Å². The largest absolute Gasteiger partial charge is 0.400 e. The number of aliphatic hydroxyl groups excluding tert-OH is 2. The fraction of sp³-hybridized carbons (Fsp3) is 1.00. The Balaban J connectivity index is -0.00000000500. The van der Waals surface area contributed by atoms with Gasteiger partial charge in [-0.1, -0.05) is 0 Å². The zero-order valence-corrected chi connectivity index (χ0v) is 5.34. The van der Waals surface area contributed by atoms with Gasteiger partial charge in [0.05, 0.1) is 0 Å². The monoisotopic (exact) mass is 136 g/mol. The third kappa shape index (κ3) is 221. The number of aliphatic hydroxyl groups is 2. The van der Waals surface area contributed by atoms with E-state index in [9.17, 15) is 0 Å². The topological polar surface area (TPSA) is 40.5 Å². The molecular formula is C2H10Cl2O2. The van der Waals surface area contributed by atoms with Crippen LogP contribution in [0.1, 0.15) is 0 Å². The van der Waals surface area contributed by atoms with Crippen molar-refractivity contribution in [1.29, 1.82) is 0 Å². The summed E-state index contributed by atoms with van der Waals surface area (Å²) in [4.78, 5) is 0. The molecule has 0 heterocycles. The third-order valence-electron chi connectivity index (χ3n) is 0. The lowest BCUT2D eigenvalue weighted by atomic mass is 11.8. The lowest BCUT2D eigenvalue weighted by Crippen LogP contribution is -1.25. The first-order valence-electron chi connectivity index (χ1n) is 0.894. The van der Waals surface area contributed by atoms with Gasteiger partial charge >= 0.3 is 0 Å². The normalized spacial score (nSPS) is 2.00. The summed E-state index contributed by atoms with van der Waals surface area (Å²) in [5.74, 6) is 0. The van der Waals surface area contributed by atoms with Crippen molar-refractivity contribution in [3.63, 3.8) is 0 Å².